The number of alkyl halides is 2. The number of rotatable bonds is 4. The number of imidazole rings is 1. The molecule has 0 aromatic carbocycles. The summed E-state index contributed by atoms with van der Waals surface area (Å²) >= 11 is 0. The molecule has 10 nitrogen and oxygen atoms in total. The third kappa shape index (κ3) is 3.83. The number of aromatic nitrogens is 6. The first kappa shape index (κ1) is 22.7. The third-order valence-electron chi connectivity index (χ3n) is 5.78. The number of halogens is 2. The number of amides is 1. The largest absolute Gasteiger partial charge is 0.465 e. The molecule has 0 bridgehead atoms. The standard InChI is InChI=1S/C21H26F2N8O2/c1-6-30-16(12-7-24-11(2)25-8-12)29-14-15(26-10-27-17(14)30)28-13-9-31(19(32)33)18(20(3,4)5)21(13,22)23/h7-8,10,13,18H,6,9H2,1-5H3,(H,32,33)(H,26,27,28). The van der Waals surface area contributed by atoms with Gasteiger partial charge in [0.1, 0.15) is 30.1 Å². The summed E-state index contributed by atoms with van der Waals surface area (Å²) in [5, 5.41) is 12.3. The zero-order chi connectivity index (χ0) is 24.1. The Morgan fingerprint density at radius 1 is 1.24 bits per heavy atom. The van der Waals surface area contributed by atoms with Gasteiger partial charge in [0.25, 0.3) is 5.92 Å². The molecule has 4 rings (SSSR count). The normalized spacial score (nSPS) is 20.4. The number of fused-ring (bicyclic) bond motifs is 1. The second-order valence-corrected chi connectivity index (χ2v) is 9.17. The SMILES string of the molecule is CCn1c(-c2cnc(C)nc2)nc2c(NC3CN(C(=O)O)C(C(C)(C)C)C3(F)F)ncnc21. The van der Waals surface area contributed by atoms with Crippen LogP contribution in [0.15, 0.2) is 18.7 Å². The quantitative estimate of drug-likeness (QED) is 0.607. The fourth-order valence-electron chi connectivity index (χ4n) is 4.43. The maximum absolute atomic E-state index is 15.5. The Bertz CT molecular complexity index is 1190. The van der Waals surface area contributed by atoms with Gasteiger partial charge in [0, 0.05) is 18.9 Å². The first-order valence-corrected chi connectivity index (χ1v) is 10.6. The van der Waals surface area contributed by atoms with Gasteiger partial charge in [-0.3, -0.25) is 4.90 Å². The number of aryl methyl sites for hydroxylation is 2. The van der Waals surface area contributed by atoms with E-state index in [1.54, 1.807) is 40.1 Å². The molecular formula is C21H26F2N8O2. The summed E-state index contributed by atoms with van der Waals surface area (Å²) in [5.74, 6) is -2.07. The molecular weight excluding hydrogens is 434 g/mol. The van der Waals surface area contributed by atoms with E-state index in [-0.39, 0.29) is 12.4 Å². The Morgan fingerprint density at radius 3 is 2.45 bits per heavy atom. The lowest BCUT2D eigenvalue weighted by Crippen LogP contribution is -2.52. The minimum atomic E-state index is -3.34. The molecule has 4 heterocycles. The molecule has 2 atom stereocenters. The van der Waals surface area contributed by atoms with Gasteiger partial charge in [-0.25, -0.2) is 38.5 Å². The average Bonchev–Trinajstić information content (AvgIpc) is 3.23. The van der Waals surface area contributed by atoms with E-state index in [0.717, 1.165) is 4.90 Å². The molecule has 1 amide bonds. The third-order valence-corrected chi connectivity index (χ3v) is 5.78. The van der Waals surface area contributed by atoms with E-state index >= 15 is 8.78 Å². The topological polar surface area (TPSA) is 122 Å². The lowest BCUT2D eigenvalue weighted by molar-refractivity contribution is -0.0726. The van der Waals surface area contributed by atoms with Crippen molar-refractivity contribution in [3.8, 4) is 11.4 Å². The predicted molar refractivity (Wildman–Crippen MR) is 117 cm³/mol. The minimum absolute atomic E-state index is 0.117. The van der Waals surface area contributed by atoms with Gasteiger partial charge in [0.15, 0.2) is 17.0 Å². The number of nitrogens with one attached hydrogen (secondary N) is 1. The second-order valence-electron chi connectivity index (χ2n) is 9.17. The van der Waals surface area contributed by atoms with Gasteiger partial charge in [-0.05, 0) is 19.3 Å². The van der Waals surface area contributed by atoms with Crippen molar-refractivity contribution in [3.05, 3.63) is 24.5 Å². The van der Waals surface area contributed by atoms with Gasteiger partial charge in [0.2, 0.25) is 0 Å². The molecule has 12 heteroatoms. The molecule has 0 saturated carbocycles. The molecule has 2 N–H and O–H groups in total. The van der Waals surface area contributed by atoms with Gasteiger partial charge in [-0.15, -0.1) is 0 Å². The van der Waals surface area contributed by atoms with Crippen LogP contribution in [0.4, 0.5) is 19.4 Å². The predicted octanol–water partition coefficient (Wildman–Crippen LogP) is 3.44. The summed E-state index contributed by atoms with van der Waals surface area (Å²) in [4.78, 5) is 34.0. The molecule has 2 unspecified atom stereocenters. The van der Waals surface area contributed by atoms with Crippen molar-refractivity contribution in [2.45, 2.75) is 59.2 Å². The highest BCUT2D eigenvalue weighted by atomic mass is 19.3. The molecule has 1 fully saturated rings. The molecule has 0 radical (unpaired) electrons. The number of carbonyl (C=O) groups is 1. The number of hydrogen-bond acceptors (Lipinski definition) is 7. The summed E-state index contributed by atoms with van der Waals surface area (Å²) in [7, 11) is 0. The van der Waals surface area contributed by atoms with E-state index in [0.29, 0.717) is 34.9 Å². The Balaban J connectivity index is 1.77. The number of anilines is 1. The highest BCUT2D eigenvalue weighted by molar-refractivity contribution is 5.86. The first-order valence-electron chi connectivity index (χ1n) is 10.6. The van der Waals surface area contributed by atoms with Crippen LogP contribution in [0.3, 0.4) is 0 Å². The molecule has 0 aliphatic carbocycles. The maximum Gasteiger partial charge on any atom is 0.407 e. The fourth-order valence-corrected chi connectivity index (χ4v) is 4.43. The van der Waals surface area contributed by atoms with Crippen molar-refractivity contribution in [3.63, 3.8) is 0 Å². The summed E-state index contributed by atoms with van der Waals surface area (Å²) in [5.41, 5.74) is 0.463. The molecule has 33 heavy (non-hydrogen) atoms. The maximum atomic E-state index is 15.5. The molecule has 176 valence electrons. The van der Waals surface area contributed by atoms with Crippen molar-refractivity contribution < 1.29 is 18.7 Å². The zero-order valence-electron chi connectivity index (χ0n) is 19.0. The lowest BCUT2D eigenvalue weighted by atomic mass is 9.82. The zero-order valence-corrected chi connectivity index (χ0v) is 19.0. The summed E-state index contributed by atoms with van der Waals surface area (Å²) in [6.07, 6.45) is 3.17. The smallest absolute Gasteiger partial charge is 0.407 e. The molecule has 0 spiro atoms. The van der Waals surface area contributed by atoms with E-state index in [9.17, 15) is 9.90 Å². The van der Waals surface area contributed by atoms with E-state index in [4.69, 9.17) is 0 Å². The van der Waals surface area contributed by atoms with E-state index < -0.39 is 29.5 Å². The van der Waals surface area contributed by atoms with E-state index in [1.165, 1.54) is 6.33 Å². The van der Waals surface area contributed by atoms with Crippen LogP contribution < -0.4 is 5.32 Å². The first-order chi connectivity index (χ1) is 15.4. The van der Waals surface area contributed by atoms with Crippen molar-refractivity contribution in [1.29, 1.82) is 0 Å². The van der Waals surface area contributed by atoms with E-state index in [2.05, 4.69) is 30.2 Å². The average molecular weight is 460 g/mol. The Kier molecular flexibility index (Phi) is 5.41. The molecule has 3 aromatic heterocycles. The van der Waals surface area contributed by atoms with Crippen LogP contribution >= 0.6 is 0 Å². The van der Waals surface area contributed by atoms with Crippen molar-refractivity contribution >= 4 is 23.1 Å². The number of carboxylic acid groups (broad SMARTS) is 1. The van der Waals surface area contributed by atoms with Crippen LogP contribution in [0.25, 0.3) is 22.6 Å². The Hall–Kier alpha value is -3.44. The lowest BCUT2D eigenvalue weighted by Gasteiger charge is -2.36. The van der Waals surface area contributed by atoms with Gasteiger partial charge >= 0.3 is 6.09 Å². The number of likely N-dealkylation sites (tertiary alicyclic amines) is 1. The molecule has 1 saturated heterocycles. The Morgan fingerprint density at radius 2 is 1.91 bits per heavy atom. The van der Waals surface area contributed by atoms with E-state index in [1.807, 2.05) is 11.5 Å². The van der Waals surface area contributed by atoms with Crippen LogP contribution in [0.5, 0.6) is 0 Å². The summed E-state index contributed by atoms with van der Waals surface area (Å²) in [6.45, 7) is 8.63. The van der Waals surface area contributed by atoms with Gasteiger partial charge in [-0.2, -0.15) is 0 Å². The monoisotopic (exact) mass is 460 g/mol. The second kappa shape index (κ2) is 7.85. The molecule has 1 aliphatic rings. The number of nitrogens with zero attached hydrogens (tertiary/aromatic N) is 7. The summed E-state index contributed by atoms with van der Waals surface area (Å²) < 4.78 is 32.8. The fraction of sp³-hybridized carbons (Fsp3) is 0.524. The van der Waals surface area contributed by atoms with Crippen molar-refractivity contribution in [1.82, 2.24) is 34.4 Å². The van der Waals surface area contributed by atoms with Crippen LogP contribution in [0.2, 0.25) is 0 Å². The summed E-state index contributed by atoms with van der Waals surface area (Å²) in [6, 6.07) is -2.97. The Labute approximate surface area is 189 Å². The number of hydrogen-bond donors (Lipinski definition) is 2. The van der Waals surface area contributed by atoms with Gasteiger partial charge in [0.05, 0.1) is 12.1 Å². The van der Waals surface area contributed by atoms with Crippen LogP contribution in [-0.4, -0.2) is 70.1 Å². The van der Waals surface area contributed by atoms with Crippen LogP contribution in [-0.2, 0) is 6.54 Å². The minimum Gasteiger partial charge on any atom is -0.465 e. The van der Waals surface area contributed by atoms with Crippen molar-refractivity contribution in [2.75, 3.05) is 11.9 Å². The molecule has 1 aliphatic heterocycles. The highest BCUT2D eigenvalue weighted by Gasteiger charge is 2.62. The molecule has 3 aromatic rings. The van der Waals surface area contributed by atoms with Gasteiger partial charge in [-0.1, -0.05) is 20.8 Å². The van der Waals surface area contributed by atoms with Gasteiger partial charge < -0.3 is 15.0 Å². The van der Waals surface area contributed by atoms with Crippen LogP contribution in [0.1, 0.15) is 33.5 Å². The highest BCUT2D eigenvalue weighted by Crippen LogP contribution is 2.44. The van der Waals surface area contributed by atoms with Crippen LogP contribution in [0, 0.1) is 12.3 Å². The van der Waals surface area contributed by atoms with Crippen molar-refractivity contribution in [2.24, 2.45) is 5.41 Å².